The molecule has 0 saturated heterocycles. The molecule has 0 radical (unpaired) electrons. The van der Waals surface area contributed by atoms with Gasteiger partial charge in [0.15, 0.2) is 16.9 Å². The van der Waals surface area contributed by atoms with Crippen LogP contribution in [0.4, 0.5) is 0 Å². The van der Waals surface area contributed by atoms with Gasteiger partial charge in [0.05, 0.1) is 13.1 Å². The van der Waals surface area contributed by atoms with Crippen LogP contribution in [-0.4, -0.2) is 30.0 Å². The van der Waals surface area contributed by atoms with Crippen LogP contribution in [0.3, 0.4) is 0 Å². The molecule has 2 heterocycles. The molecule has 2 aliphatic heterocycles. The van der Waals surface area contributed by atoms with Crippen LogP contribution in [0.2, 0.25) is 0 Å². The third-order valence-electron chi connectivity index (χ3n) is 6.26. The Morgan fingerprint density at radius 1 is 0.692 bits per heavy atom. The molecule has 5 rings (SSSR count). The van der Waals surface area contributed by atoms with Crippen LogP contribution in [-0.2, 0) is 4.79 Å². The maximum atomic E-state index is 13.8. The summed E-state index contributed by atoms with van der Waals surface area (Å²) in [5.41, 5.74) is 0.707. The first-order valence-electron chi connectivity index (χ1n) is 9.18. The quantitative estimate of drug-likeness (QED) is 0.800. The second-order valence-corrected chi connectivity index (χ2v) is 7.45. The summed E-state index contributed by atoms with van der Waals surface area (Å²) in [5.74, 6) is 0.112. The van der Waals surface area contributed by atoms with E-state index in [1.807, 2.05) is 36.4 Å². The lowest BCUT2D eigenvalue weighted by atomic mass is 9.73. The highest BCUT2D eigenvalue weighted by Gasteiger charge is 2.66. The molecule has 1 fully saturated rings. The van der Waals surface area contributed by atoms with Crippen molar-refractivity contribution in [2.45, 2.75) is 35.8 Å². The Hall–Kier alpha value is -2.69. The van der Waals surface area contributed by atoms with Crippen LogP contribution in [0.1, 0.15) is 35.8 Å². The van der Waals surface area contributed by atoms with Crippen molar-refractivity contribution >= 4 is 5.78 Å². The Labute approximate surface area is 152 Å². The molecule has 5 heteroatoms. The van der Waals surface area contributed by atoms with Crippen molar-refractivity contribution in [3.05, 3.63) is 71.8 Å². The van der Waals surface area contributed by atoms with Crippen molar-refractivity contribution in [2.75, 3.05) is 13.1 Å². The molecule has 26 heavy (non-hydrogen) atoms. The molecular formula is C21H20N4O. The van der Waals surface area contributed by atoms with E-state index in [2.05, 4.69) is 44.7 Å². The van der Waals surface area contributed by atoms with Gasteiger partial charge < -0.3 is 0 Å². The van der Waals surface area contributed by atoms with Gasteiger partial charge >= 0.3 is 0 Å². The molecule has 2 aromatic carbocycles. The van der Waals surface area contributed by atoms with Crippen molar-refractivity contribution < 1.29 is 4.79 Å². The maximum absolute atomic E-state index is 13.8. The van der Waals surface area contributed by atoms with Gasteiger partial charge in [-0.25, -0.2) is 0 Å². The summed E-state index contributed by atoms with van der Waals surface area (Å²) in [4.78, 5) is 13.8. The first-order valence-corrected chi connectivity index (χ1v) is 9.18. The van der Waals surface area contributed by atoms with E-state index in [0.717, 1.165) is 11.1 Å². The van der Waals surface area contributed by atoms with Gasteiger partial charge in [0.2, 0.25) is 0 Å². The highest BCUT2D eigenvalue weighted by Crippen LogP contribution is 2.56. The van der Waals surface area contributed by atoms with Crippen molar-refractivity contribution in [2.24, 2.45) is 20.5 Å². The Bertz CT molecular complexity index is 821. The monoisotopic (exact) mass is 344 g/mol. The Morgan fingerprint density at radius 2 is 1.12 bits per heavy atom. The highest BCUT2D eigenvalue weighted by atomic mass is 16.1. The zero-order valence-electron chi connectivity index (χ0n) is 14.5. The lowest BCUT2D eigenvalue weighted by molar-refractivity contribution is -0.126. The molecule has 0 aromatic heterocycles. The van der Waals surface area contributed by atoms with Gasteiger partial charge in [0.1, 0.15) is 0 Å². The number of benzene rings is 2. The second-order valence-electron chi connectivity index (χ2n) is 7.45. The molecule has 0 bridgehead atoms. The van der Waals surface area contributed by atoms with Gasteiger partial charge in [-0.15, -0.1) is 0 Å². The largest absolute Gasteiger partial charge is 0.294 e. The number of Topliss-reactive ketones (excluding diaryl/α,β-unsaturated/α-hetero) is 1. The summed E-state index contributed by atoms with van der Waals surface area (Å²) in [6.45, 7) is 1.14. The summed E-state index contributed by atoms with van der Waals surface area (Å²) in [6.07, 6.45) is 1.38. The van der Waals surface area contributed by atoms with E-state index >= 15 is 0 Å². The number of carbonyl (C=O) groups excluding carboxylic acids is 1. The van der Waals surface area contributed by atoms with E-state index in [-0.39, 0.29) is 17.6 Å². The van der Waals surface area contributed by atoms with E-state index in [9.17, 15) is 4.79 Å². The number of hydrogen-bond donors (Lipinski definition) is 0. The fourth-order valence-electron chi connectivity index (χ4n) is 4.91. The first-order chi connectivity index (χ1) is 12.8. The molecule has 0 N–H and O–H groups in total. The predicted molar refractivity (Wildman–Crippen MR) is 97.5 cm³/mol. The van der Waals surface area contributed by atoms with E-state index in [4.69, 9.17) is 0 Å². The summed E-state index contributed by atoms with van der Waals surface area (Å²) in [6, 6.07) is 20.3. The van der Waals surface area contributed by atoms with Gasteiger partial charge in [0, 0.05) is 11.8 Å². The number of carbonyl (C=O) groups is 1. The van der Waals surface area contributed by atoms with Crippen LogP contribution in [0, 0.1) is 0 Å². The van der Waals surface area contributed by atoms with Gasteiger partial charge in [-0.2, -0.15) is 20.5 Å². The number of rotatable bonds is 2. The van der Waals surface area contributed by atoms with Gasteiger partial charge in [-0.1, -0.05) is 60.7 Å². The zero-order valence-corrected chi connectivity index (χ0v) is 14.5. The van der Waals surface area contributed by atoms with Crippen molar-refractivity contribution in [3.63, 3.8) is 0 Å². The zero-order chi connectivity index (χ0) is 17.6. The average Bonchev–Trinajstić information content (AvgIpc) is 3.39. The van der Waals surface area contributed by atoms with Crippen LogP contribution in [0.25, 0.3) is 0 Å². The van der Waals surface area contributed by atoms with E-state index in [1.165, 1.54) is 0 Å². The molecule has 130 valence electrons. The summed E-state index contributed by atoms with van der Waals surface area (Å²) in [5, 5.41) is 17.7. The number of azo groups is 2. The minimum absolute atomic E-state index is 0.00259. The summed E-state index contributed by atoms with van der Waals surface area (Å²) in [7, 11) is 0. The van der Waals surface area contributed by atoms with Gasteiger partial charge in [-0.3, -0.25) is 4.79 Å². The minimum atomic E-state index is -0.780. The van der Waals surface area contributed by atoms with Crippen LogP contribution in [0.15, 0.2) is 81.1 Å². The normalized spacial score (nSPS) is 35.2. The fourth-order valence-corrected chi connectivity index (χ4v) is 4.91. The molecule has 3 aliphatic rings. The lowest BCUT2D eigenvalue weighted by Crippen LogP contribution is -2.47. The molecule has 4 atom stereocenters. The summed E-state index contributed by atoms with van der Waals surface area (Å²) < 4.78 is 0. The molecule has 1 saturated carbocycles. The van der Waals surface area contributed by atoms with E-state index in [0.29, 0.717) is 25.9 Å². The molecule has 5 nitrogen and oxygen atoms in total. The molecule has 1 aliphatic carbocycles. The third-order valence-corrected chi connectivity index (χ3v) is 6.26. The van der Waals surface area contributed by atoms with E-state index < -0.39 is 11.1 Å². The number of nitrogens with zero attached hydrogens (tertiary/aromatic N) is 4. The minimum Gasteiger partial charge on any atom is -0.294 e. The number of ketones is 1. The molecular weight excluding hydrogens is 324 g/mol. The average molecular weight is 344 g/mol. The Balaban J connectivity index is 1.56. The van der Waals surface area contributed by atoms with Crippen molar-refractivity contribution in [1.29, 1.82) is 0 Å². The summed E-state index contributed by atoms with van der Waals surface area (Å²) >= 11 is 0. The predicted octanol–water partition coefficient (Wildman–Crippen LogP) is 4.33. The lowest BCUT2D eigenvalue weighted by Gasteiger charge is -2.30. The van der Waals surface area contributed by atoms with Crippen LogP contribution >= 0.6 is 0 Å². The van der Waals surface area contributed by atoms with Crippen molar-refractivity contribution in [3.8, 4) is 0 Å². The molecule has 4 unspecified atom stereocenters. The molecule has 2 aromatic rings. The number of hydrogen-bond acceptors (Lipinski definition) is 5. The third kappa shape index (κ3) is 2.00. The topological polar surface area (TPSA) is 66.5 Å². The smallest absolute Gasteiger partial charge is 0.193 e. The fraction of sp³-hybridized carbons (Fsp3) is 0.381. The first kappa shape index (κ1) is 15.6. The molecule has 2 spiro atoms. The standard InChI is InChI=1S/C21H20N4O/c26-19-20(17(13-22-24-20)15-7-3-1-4-8-15)11-12-21(19)18(14-23-25-21)16-9-5-2-6-10-16/h1-10,17-18H,11-14H2. The highest BCUT2D eigenvalue weighted by molar-refractivity contribution is 6.01. The second kappa shape index (κ2) is 5.66. The molecule has 0 amide bonds. The van der Waals surface area contributed by atoms with Gasteiger partial charge in [0.25, 0.3) is 0 Å². The Morgan fingerprint density at radius 3 is 1.54 bits per heavy atom. The van der Waals surface area contributed by atoms with Crippen LogP contribution < -0.4 is 0 Å². The SMILES string of the molecule is O=C1C2(CCC13N=NCC3c1ccccc1)N=NCC2c1ccccc1. The Kier molecular flexibility index (Phi) is 3.39. The van der Waals surface area contributed by atoms with Crippen molar-refractivity contribution in [1.82, 2.24) is 0 Å². The van der Waals surface area contributed by atoms with Gasteiger partial charge in [-0.05, 0) is 24.0 Å². The maximum Gasteiger partial charge on any atom is 0.193 e. The van der Waals surface area contributed by atoms with E-state index in [1.54, 1.807) is 0 Å². The van der Waals surface area contributed by atoms with Crippen LogP contribution in [0.5, 0.6) is 0 Å².